The lowest BCUT2D eigenvalue weighted by atomic mass is 10.1. The molecule has 0 aliphatic carbocycles. The SMILES string of the molecule is Cc1ccc(-n2c(N/N=C\c3ccc([N+](=O)[O-])cc3)nc3ccccc3c2=O)c(C)c1. The van der Waals surface area contributed by atoms with Gasteiger partial charge in [0.2, 0.25) is 5.95 Å². The molecular formula is C23H19N5O3. The maximum absolute atomic E-state index is 13.3. The number of hydrogen-bond acceptors (Lipinski definition) is 6. The Morgan fingerprint density at radius 2 is 1.81 bits per heavy atom. The zero-order valence-electron chi connectivity index (χ0n) is 16.9. The van der Waals surface area contributed by atoms with Gasteiger partial charge in [-0.25, -0.2) is 15.0 Å². The van der Waals surface area contributed by atoms with E-state index in [0.717, 1.165) is 11.1 Å². The quantitative estimate of drug-likeness (QED) is 0.298. The third-order valence-corrected chi connectivity index (χ3v) is 4.85. The fourth-order valence-corrected chi connectivity index (χ4v) is 3.33. The van der Waals surface area contributed by atoms with Gasteiger partial charge in [-0.05, 0) is 55.3 Å². The molecular weight excluding hydrogens is 394 g/mol. The van der Waals surface area contributed by atoms with Crippen LogP contribution in [0.25, 0.3) is 16.6 Å². The highest BCUT2D eigenvalue weighted by atomic mass is 16.6. The summed E-state index contributed by atoms with van der Waals surface area (Å²) in [6, 6.07) is 19.0. The van der Waals surface area contributed by atoms with Gasteiger partial charge in [-0.1, -0.05) is 29.8 Å². The Morgan fingerprint density at radius 1 is 1.06 bits per heavy atom. The molecule has 0 aliphatic heterocycles. The summed E-state index contributed by atoms with van der Waals surface area (Å²) in [5.74, 6) is 0.272. The van der Waals surface area contributed by atoms with Crippen LogP contribution in [-0.2, 0) is 0 Å². The molecule has 154 valence electrons. The number of nitrogens with zero attached hydrogens (tertiary/aromatic N) is 4. The highest BCUT2D eigenvalue weighted by Crippen LogP contribution is 2.20. The van der Waals surface area contributed by atoms with Crippen molar-refractivity contribution in [1.29, 1.82) is 0 Å². The van der Waals surface area contributed by atoms with Gasteiger partial charge in [0, 0.05) is 12.1 Å². The van der Waals surface area contributed by atoms with Crippen LogP contribution in [0.15, 0.2) is 76.6 Å². The lowest BCUT2D eigenvalue weighted by molar-refractivity contribution is -0.384. The molecule has 0 atom stereocenters. The number of rotatable bonds is 5. The first kappa shape index (κ1) is 20.0. The molecule has 4 aromatic rings. The fourth-order valence-electron chi connectivity index (χ4n) is 3.33. The van der Waals surface area contributed by atoms with E-state index in [2.05, 4.69) is 15.5 Å². The number of nitro groups is 1. The molecule has 3 aromatic carbocycles. The Kier molecular flexibility index (Phi) is 5.28. The van der Waals surface area contributed by atoms with Crippen LogP contribution in [0.3, 0.4) is 0 Å². The van der Waals surface area contributed by atoms with E-state index in [4.69, 9.17) is 0 Å². The van der Waals surface area contributed by atoms with Crippen molar-refractivity contribution in [3.8, 4) is 5.69 Å². The minimum Gasteiger partial charge on any atom is -0.268 e. The number of nitro benzene ring substituents is 1. The topological polar surface area (TPSA) is 102 Å². The summed E-state index contributed by atoms with van der Waals surface area (Å²) in [5, 5.41) is 15.5. The normalized spacial score (nSPS) is 11.2. The number of anilines is 1. The summed E-state index contributed by atoms with van der Waals surface area (Å²) in [7, 11) is 0. The fraction of sp³-hybridized carbons (Fsp3) is 0.0870. The molecule has 8 heteroatoms. The number of aryl methyl sites for hydroxylation is 2. The van der Waals surface area contributed by atoms with Crippen molar-refractivity contribution < 1.29 is 4.92 Å². The number of hydrazone groups is 1. The third-order valence-electron chi connectivity index (χ3n) is 4.85. The van der Waals surface area contributed by atoms with Gasteiger partial charge in [-0.3, -0.25) is 14.9 Å². The molecule has 0 unspecified atom stereocenters. The Morgan fingerprint density at radius 3 is 2.52 bits per heavy atom. The van der Waals surface area contributed by atoms with Crippen LogP contribution in [0.1, 0.15) is 16.7 Å². The van der Waals surface area contributed by atoms with Gasteiger partial charge in [0.15, 0.2) is 0 Å². The lowest BCUT2D eigenvalue weighted by Crippen LogP contribution is -2.23. The minimum atomic E-state index is -0.458. The van der Waals surface area contributed by atoms with E-state index in [1.807, 2.05) is 38.1 Å². The van der Waals surface area contributed by atoms with Crippen molar-refractivity contribution in [1.82, 2.24) is 9.55 Å². The second-order valence-electron chi connectivity index (χ2n) is 7.10. The predicted molar refractivity (Wildman–Crippen MR) is 121 cm³/mol. The number of nitrogens with one attached hydrogen (secondary N) is 1. The van der Waals surface area contributed by atoms with E-state index in [9.17, 15) is 14.9 Å². The molecule has 0 fully saturated rings. The summed E-state index contributed by atoms with van der Waals surface area (Å²) < 4.78 is 1.50. The molecule has 31 heavy (non-hydrogen) atoms. The summed E-state index contributed by atoms with van der Waals surface area (Å²) in [4.78, 5) is 28.2. The molecule has 4 rings (SSSR count). The molecule has 8 nitrogen and oxygen atoms in total. The molecule has 0 aliphatic rings. The first-order valence-corrected chi connectivity index (χ1v) is 9.57. The zero-order valence-corrected chi connectivity index (χ0v) is 16.9. The lowest BCUT2D eigenvalue weighted by Gasteiger charge is -2.15. The number of benzene rings is 3. The summed E-state index contributed by atoms with van der Waals surface area (Å²) in [5.41, 5.74) is 6.62. The highest BCUT2D eigenvalue weighted by Gasteiger charge is 2.14. The molecule has 0 bridgehead atoms. The van der Waals surface area contributed by atoms with Crippen LogP contribution in [0.2, 0.25) is 0 Å². The molecule has 0 spiro atoms. The van der Waals surface area contributed by atoms with Gasteiger partial charge in [0.05, 0.1) is 27.7 Å². The largest absolute Gasteiger partial charge is 0.269 e. The second kappa shape index (κ2) is 8.19. The van der Waals surface area contributed by atoms with Gasteiger partial charge in [-0.15, -0.1) is 0 Å². The maximum Gasteiger partial charge on any atom is 0.269 e. The number of non-ortho nitro benzene ring substituents is 1. The van der Waals surface area contributed by atoms with Crippen molar-refractivity contribution in [3.05, 3.63) is 104 Å². The van der Waals surface area contributed by atoms with Crippen LogP contribution in [0.4, 0.5) is 11.6 Å². The minimum absolute atomic E-state index is 0.00462. The molecule has 0 amide bonds. The molecule has 1 heterocycles. The maximum atomic E-state index is 13.3. The van der Waals surface area contributed by atoms with Crippen LogP contribution in [-0.4, -0.2) is 20.7 Å². The summed E-state index contributed by atoms with van der Waals surface area (Å²) >= 11 is 0. The van der Waals surface area contributed by atoms with Gasteiger partial charge in [-0.2, -0.15) is 5.10 Å². The van der Waals surface area contributed by atoms with Gasteiger partial charge in [0.25, 0.3) is 11.2 Å². The molecule has 1 N–H and O–H groups in total. The van der Waals surface area contributed by atoms with E-state index in [1.54, 1.807) is 30.3 Å². The molecule has 0 saturated heterocycles. The van der Waals surface area contributed by atoms with E-state index in [0.29, 0.717) is 22.2 Å². The van der Waals surface area contributed by atoms with Crippen molar-refractivity contribution in [2.75, 3.05) is 5.43 Å². The van der Waals surface area contributed by atoms with Crippen molar-refractivity contribution in [3.63, 3.8) is 0 Å². The number of fused-ring (bicyclic) bond motifs is 1. The number of para-hydroxylation sites is 1. The Labute approximate surface area is 177 Å². The third kappa shape index (κ3) is 4.04. The number of hydrogen-bond donors (Lipinski definition) is 1. The first-order chi connectivity index (χ1) is 14.9. The zero-order chi connectivity index (χ0) is 22.0. The van der Waals surface area contributed by atoms with Crippen LogP contribution in [0.5, 0.6) is 0 Å². The Bertz CT molecular complexity index is 1370. The van der Waals surface area contributed by atoms with Crippen molar-refractivity contribution in [2.45, 2.75) is 13.8 Å². The van der Waals surface area contributed by atoms with E-state index in [1.165, 1.54) is 22.9 Å². The highest BCUT2D eigenvalue weighted by molar-refractivity contribution is 5.81. The monoisotopic (exact) mass is 413 g/mol. The van der Waals surface area contributed by atoms with Gasteiger partial charge < -0.3 is 0 Å². The summed E-state index contributed by atoms with van der Waals surface area (Å²) in [6.45, 7) is 3.93. The summed E-state index contributed by atoms with van der Waals surface area (Å²) in [6.07, 6.45) is 1.51. The second-order valence-corrected chi connectivity index (χ2v) is 7.10. The van der Waals surface area contributed by atoms with E-state index >= 15 is 0 Å². The van der Waals surface area contributed by atoms with Crippen molar-refractivity contribution in [2.24, 2.45) is 5.10 Å². The van der Waals surface area contributed by atoms with Crippen molar-refractivity contribution >= 4 is 28.8 Å². The average Bonchev–Trinajstić information content (AvgIpc) is 2.75. The smallest absolute Gasteiger partial charge is 0.268 e. The van der Waals surface area contributed by atoms with E-state index in [-0.39, 0.29) is 17.2 Å². The molecule has 1 aromatic heterocycles. The Hall–Kier alpha value is -4.33. The average molecular weight is 413 g/mol. The standard InChI is InChI=1S/C23H19N5O3/c1-15-7-12-21(16(2)13-15)27-22(29)19-5-3-4-6-20(19)25-23(27)26-24-14-17-8-10-18(11-9-17)28(30)31/h3-14H,1-2H3,(H,25,26)/b24-14-. The predicted octanol–water partition coefficient (Wildman–Crippen LogP) is 4.36. The van der Waals surface area contributed by atoms with Gasteiger partial charge >= 0.3 is 0 Å². The molecule has 0 saturated carbocycles. The molecule has 0 radical (unpaired) electrons. The van der Waals surface area contributed by atoms with Crippen LogP contribution < -0.4 is 11.0 Å². The number of aromatic nitrogens is 2. The Balaban J connectivity index is 1.77. The van der Waals surface area contributed by atoms with Crippen LogP contribution in [0, 0.1) is 24.0 Å². The van der Waals surface area contributed by atoms with Crippen LogP contribution >= 0.6 is 0 Å². The van der Waals surface area contributed by atoms with E-state index < -0.39 is 4.92 Å². The van der Waals surface area contributed by atoms with Gasteiger partial charge in [0.1, 0.15) is 0 Å². The first-order valence-electron chi connectivity index (χ1n) is 9.57.